The van der Waals surface area contributed by atoms with Crippen LogP contribution in [0.3, 0.4) is 0 Å². The van der Waals surface area contributed by atoms with Gasteiger partial charge in [-0.15, -0.1) is 0 Å². The molecule has 0 spiro atoms. The lowest BCUT2D eigenvalue weighted by Gasteiger charge is -2.13. The first-order valence-electron chi connectivity index (χ1n) is 7.10. The van der Waals surface area contributed by atoms with E-state index in [1.165, 1.54) is 0 Å². The van der Waals surface area contributed by atoms with E-state index < -0.39 is 0 Å². The van der Waals surface area contributed by atoms with Crippen molar-refractivity contribution >= 4 is 17.3 Å². The Bertz CT molecular complexity index is 631. The maximum atomic E-state index is 9.19. The number of benzene rings is 2. The number of aliphatic hydroxyl groups excluding tert-OH is 1. The summed E-state index contributed by atoms with van der Waals surface area (Å²) in [6.45, 7) is 3.11. The monoisotopic (exact) mass is 321 g/mol. The summed E-state index contributed by atoms with van der Waals surface area (Å²) in [4.78, 5) is 0. The van der Waals surface area contributed by atoms with Crippen molar-refractivity contribution in [1.82, 2.24) is 0 Å². The number of anilines is 1. The van der Waals surface area contributed by atoms with E-state index >= 15 is 0 Å². The zero-order valence-electron chi connectivity index (χ0n) is 12.7. The Kier molecular flexibility index (Phi) is 5.92. The van der Waals surface area contributed by atoms with Crippen molar-refractivity contribution in [3.8, 4) is 11.5 Å². The molecule has 22 heavy (non-hydrogen) atoms. The van der Waals surface area contributed by atoms with Crippen molar-refractivity contribution < 1.29 is 14.6 Å². The summed E-state index contributed by atoms with van der Waals surface area (Å²) < 4.78 is 10.8. The van der Waals surface area contributed by atoms with Crippen LogP contribution in [0.2, 0.25) is 5.02 Å². The lowest BCUT2D eigenvalue weighted by atomic mass is 10.1. The molecule has 0 aliphatic rings. The zero-order chi connectivity index (χ0) is 15.9. The van der Waals surface area contributed by atoms with Crippen LogP contribution in [0.1, 0.15) is 18.1 Å². The Labute approximate surface area is 135 Å². The Morgan fingerprint density at radius 1 is 1.09 bits per heavy atom. The fourth-order valence-electron chi connectivity index (χ4n) is 2.10. The third-order valence-corrected chi connectivity index (χ3v) is 3.55. The maximum absolute atomic E-state index is 9.19. The predicted molar refractivity (Wildman–Crippen MR) is 88.9 cm³/mol. The van der Waals surface area contributed by atoms with E-state index in [-0.39, 0.29) is 6.61 Å². The summed E-state index contributed by atoms with van der Waals surface area (Å²) in [5.74, 6) is 1.44. The zero-order valence-corrected chi connectivity index (χ0v) is 13.5. The van der Waals surface area contributed by atoms with Crippen LogP contribution in [0, 0.1) is 0 Å². The number of methoxy groups -OCH3 is 1. The van der Waals surface area contributed by atoms with Crippen molar-refractivity contribution in [3.05, 3.63) is 52.5 Å². The highest BCUT2D eigenvalue weighted by atomic mass is 35.5. The predicted octanol–water partition coefficient (Wildman–Crippen LogP) is 3.85. The van der Waals surface area contributed by atoms with E-state index in [0.29, 0.717) is 23.9 Å². The van der Waals surface area contributed by atoms with Gasteiger partial charge in [-0.1, -0.05) is 23.7 Å². The van der Waals surface area contributed by atoms with E-state index in [1.54, 1.807) is 19.2 Å². The molecule has 2 aromatic carbocycles. The van der Waals surface area contributed by atoms with Gasteiger partial charge in [-0.05, 0) is 42.3 Å². The average Bonchev–Trinajstić information content (AvgIpc) is 2.55. The van der Waals surface area contributed by atoms with Gasteiger partial charge in [-0.2, -0.15) is 0 Å². The molecule has 0 heterocycles. The fourth-order valence-corrected chi connectivity index (χ4v) is 2.28. The van der Waals surface area contributed by atoms with Gasteiger partial charge in [0.05, 0.1) is 31.0 Å². The van der Waals surface area contributed by atoms with E-state index in [9.17, 15) is 5.11 Å². The van der Waals surface area contributed by atoms with E-state index in [1.807, 2.05) is 31.2 Å². The van der Waals surface area contributed by atoms with Gasteiger partial charge >= 0.3 is 0 Å². The smallest absolute Gasteiger partial charge is 0.161 e. The molecule has 0 aliphatic carbocycles. The molecule has 5 heteroatoms. The van der Waals surface area contributed by atoms with Crippen LogP contribution < -0.4 is 14.8 Å². The second kappa shape index (κ2) is 7.92. The van der Waals surface area contributed by atoms with Crippen molar-refractivity contribution in [3.63, 3.8) is 0 Å². The Morgan fingerprint density at radius 2 is 1.86 bits per heavy atom. The van der Waals surface area contributed by atoms with Gasteiger partial charge in [0.25, 0.3) is 0 Å². The van der Waals surface area contributed by atoms with Gasteiger partial charge in [0.1, 0.15) is 0 Å². The standard InChI is InChI=1S/C17H20ClNO3/c1-3-22-16-7-5-12(9-17(16)21-2)10-19-15-8-13(11-20)4-6-14(15)18/h4-9,19-20H,3,10-11H2,1-2H3. The Balaban J connectivity index is 2.11. The maximum Gasteiger partial charge on any atom is 0.161 e. The minimum atomic E-state index is -0.0112. The summed E-state index contributed by atoms with van der Waals surface area (Å²) in [5, 5.41) is 13.1. The van der Waals surface area contributed by atoms with E-state index in [0.717, 1.165) is 22.6 Å². The second-order valence-electron chi connectivity index (χ2n) is 4.74. The van der Waals surface area contributed by atoms with Gasteiger partial charge in [0.2, 0.25) is 0 Å². The molecule has 118 valence electrons. The number of hydrogen-bond acceptors (Lipinski definition) is 4. The first kappa shape index (κ1) is 16.5. The van der Waals surface area contributed by atoms with Gasteiger partial charge in [-0.25, -0.2) is 0 Å². The lowest BCUT2D eigenvalue weighted by Crippen LogP contribution is -2.02. The third-order valence-electron chi connectivity index (χ3n) is 3.22. The molecule has 0 aromatic heterocycles. The molecule has 0 fully saturated rings. The molecule has 2 aromatic rings. The highest BCUT2D eigenvalue weighted by Crippen LogP contribution is 2.29. The quantitative estimate of drug-likeness (QED) is 0.813. The molecule has 0 saturated carbocycles. The minimum Gasteiger partial charge on any atom is -0.493 e. The number of rotatable bonds is 7. The first-order chi connectivity index (χ1) is 10.7. The summed E-state index contributed by atoms with van der Waals surface area (Å²) in [7, 11) is 1.62. The van der Waals surface area contributed by atoms with Crippen molar-refractivity contribution in [1.29, 1.82) is 0 Å². The molecule has 0 atom stereocenters. The summed E-state index contributed by atoms with van der Waals surface area (Å²) in [6.07, 6.45) is 0. The van der Waals surface area contributed by atoms with Crippen molar-refractivity contribution in [2.24, 2.45) is 0 Å². The highest BCUT2D eigenvalue weighted by molar-refractivity contribution is 6.33. The van der Waals surface area contributed by atoms with Crippen molar-refractivity contribution in [2.75, 3.05) is 19.0 Å². The normalized spacial score (nSPS) is 10.4. The third kappa shape index (κ3) is 4.06. The van der Waals surface area contributed by atoms with Crippen LogP contribution in [0.25, 0.3) is 0 Å². The molecule has 0 bridgehead atoms. The SMILES string of the molecule is CCOc1ccc(CNc2cc(CO)ccc2Cl)cc1OC. The van der Waals surface area contributed by atoms with Crippen LogP contribution in [0.15, 0.2) is 36.4 Å². The van der Waals surface area contributed by atoms with Gasteiger partial charge in [0, 0.05) is 6.54 Å². The summed E-state index contributed by atoms with van der Waals surface area (Å²) >= 11 is 6.16. The lowest BCUT2D eigenvalue weighted by molar-refractivity contribution is 0.282. The van der Waals surface area contributed by atoms with Crippen LogP contribution >= 0.6 is 11.6 Å². The molecule has 0 amide bonds. The van der Waals surface area contributed by atoms with Crippen LogP contribution in [0.5, 0.6) is 11.5 Å². The molecule has 0 aliphatic heterocycles. The van der Waals surface area contributed by atoms with Gasteiger partial charge in [-0.3, -0.25) is 0 Å². The first-order valence-corrected chi connectivity index (χ1v) is 7.48. The molecule has 2 N–H and O–H groups in total. The molecular formula is C17H20ClNO3. The number of aliphatic hydroxyl groups is 1. The van der Waals surface area contributed by atoms with Gasteiger partial charge < -0.3 is 19.9 Å². The number of nitrogens with one attached hydrogen (secondary N) is 1. The number of hydrogen-bond donors (Lipinski definition) is 2. The van der Waals surface area contributed by atoms with E-state index in [4.69, 9.17) is 21.1 Å². The highest BCUT2D eigenvalue weighted by Gasteiger charge is 2.06. The largest absolute Gasteiger partial charge is 0.493 e. The van der Waals surface area contributed by atoms with Crippen LogP contribution in [-0.4, -0.2) is 18.8 Å². The Morgan fingerprint density at radius 3 is 2.55 bits per heavy atom. The Hall–Kier alpha value is -1.91. The number of ether oxygens (including phenoxy) is 2. The molecule has 0 radical (unpaired) electrons. The average molecular weight is 322 g/mol. The molecule has 0 saturated heterocycles. The van der Waals surface area contributed by atoms with Crippen LogP contribution in [0.4, 0.5) is 5.69 Å². The number of halogens is 1. The molecule has 4 nitrogen and oxygen atoms in total. The fraction of sp³-hybridized carbons (Fsp3) is 0.294. The molecular weight excluding hydrogens is 302 g/mol. The minimum absolute atomic E-state index is 0.0112. The van der Waals surface area contributed by atoms with Crippen molar-refractivity contribution in [2.45, 2.75) is 20.1 Å². The van der Waals surface area contributed by atoms with Crippen LogP contribution in [-0.2, 0) is 13.2 Å². The topological polar surface area (TPSA) is 50.7 Å². The summed E-state index contributed by atoms with van der Waals surface area (Å²) in [6, 6.07) is 11.2. The molecule has 0 unspecified atom stereocenters. The van der Waals surface area contributed by atoms with E-state index in [2.05, 4.69) is 5.32 Å². The second-order valence-corrected chi connectivity index (χ2v) is 5.15. The molecule has 2 rings (SSSR count). The van der Waals surface area contributed by atoms with Gasteiger partial charge in [0.15, 0.2) is 11.5 Å². The summed E-state index contributed by atoms with van der Waals surface area (Å²) in [5.41, 5.74) is 2.66.